The van der Waals surface area contributed by atoms with Gasteiger partial charge in [0.1, 0.15) is 30.2 Å². The number of amides is 6. The number of nitrogens with zero attached hydrogens (tertiary/aromatic N) is 5. The van der Waals surface area contributed by atoms with Gasteiger partial charge >= 0.3 is 5.69 Å². The number of ketones is 1. The van der Waals surface area contributed by atoms with Crippen LogP contribution in [0.3, 0.4) is 0 Å². The molecule has 20 heteroatoms. The van der Waals surface area contributed by atoms with Crippen molar-refractivity contribution < 1.29 is 48.7 Å². The Hall–Kier alpha value is -6.60. The van der Waals surface area contributed by atoms with Crippen molar-refractivity contribution in [3.05, 3.63) is 93.8 Å². The van der Waals surface area contributed by atoms with E-state index in [1.807, 2.05) is 70.4 Å². The minimum Gasteiger partial charge on any atom is -0.502 e. The first-order chi connectivity index (χ1) is 35.2. The number of aromatic nitrogens is 1. The van der Waals surface area contributed by atoms with E-state index < -0.39 is 118 Å². The van der Waals surface area contributed by atoms with Crippen molar-refractivity contribution in [2.24, 2.45) is 17.8 Å². The number of nitro groups is 1. The highest BCUT2D eigenvalue weighted by Crippen LogP contribution is 2.33. The molecule has 1 saturated heterocycles. The summed E-state index contributed by atoms with van der Waals surface area (Å²) < 4.78 is 1.86. The molecule has 408 valence electrons. The number of hydrogen-bond donors (Lipinski definition) is 5. The number of hydrogen-bond acceptors (Lipinski definition) is 11. The molecule has 3 heterocycles. The van der Waals surface area contributed by atoms with Gasteiger partial charge in [0.15, 0.2) is 11.5 Å². The fourth-order valence-electron chi connectivity index (χ4n) is 9.87. The van der Waals surface area contributed by atoms with E-state index in [0.717, 1.165) is 12.1 Å². The Morgan fingerprint density at radius 3 is 2.07 bits per heavy atom. The second kappa shape index (κ2) is 25.3. The topological polar surface area (TPSA) is 254 Å². The number of nitrogens with one attached hydrogen (secondary N) is 3. The molecule has 2 aromatic carbocycles. The van der Waals surface area contributed by atoms with Crippen LogP contribution in [0.25, 0.3) is 10.9 Å². The largest absolute Gasteiger partial charge is 0.502 e. The molecule has 5 rings (SSSR count). The van der Waals surface area contributed by atoms with Gasteiger partial charge in [-0.05, 0) is 94.9 Å². The molecule has 2 aliphatic heterocycles. The number of carbonyl (C=O) groups is 7. The third-order valence-electron chi connectivity index (χ3n) is 14.3. The van der Waals surface area contributed by atoms with Gasteiger partial charge in [-0.15, -0.1) is 11.6 Å². The van der Waals surface area contributed by atoms with Gasteiger partial charge in [-0.1, -0.05) is 76.6 Å². The number of phenols is 1. The zero-order valence-corrected chi connectivity index (χ0v) is 45.7. The zero-order chi connectivity index (χ0) is 55.8. The van der Waals surface area contributed by atoms with E-state index in [4.69, 9.17) is 11.6 Å². The number of fused-ring (bicyclic) bond motifs is 3. The highest BCUT2D eigenvalue weighted by Gasteiger charge is 2.43. The quantitative estimate of drug-likeness (QED) is 0.0570. The van der Waals surface area contributed by atoms with Crippen molar-refractivity contribution >= 4 is 69.4 Å². The predicted octanol–water partition coefficient (Wildman–Crippen LogP) is 5.66. The second-order valence-electron chi connectivity index (χ2n) is 21.5. The summed E-state index contributed by atoms with van der Waals surface area (Å²) in [7, 11) is 2.86. The molecule has 0 aliphatic carbocycles. The van der Waals surface area contributed by atoms with Crippen LogP contribution < -0.4 is 16.0 Å². The lowest BCUT2D eigenvalue weighted by atomic mass is 9.92. The number of Topliss-reactive ketones (excluding diaryl/α,β-unsaturated/α-hetero) is 1. The number of likely N-dealkylation sites (N-methyl/N-ethyl adjacent to an activating group) is 2. The van der Waals surface area contributed by atoms with E-state index in [1.54, 1.807) is 38.4 Å². The molecule has 0 saturated carbocycles. The normalized spacial score (nSPS) is 23.9. The Balaban J connectivity index is 1.72. The fourth-order valence-corrected chi connectivity index (χ4v) is 10.2. The summed E-state index contributed by atoms with van der Waals surface area (Å²) in [5.74, 6) is -6.70. The molecule has 3 aromatic rings. The summed E-state index contributed by atoms with van der Waals surface area (Å²) in [5, 5.41) is 42.6. The first-order valence-corrected chi connectivity index (χ1v) is 26.1. The molecule has 0 radical (unpaired) electrons. The van der Waals surface area contributed by atoms with Crippen molar-refractivity contribution in [3.63, 3.8) is 0 Å². The summed E-state index contributed by atoms with van der Waals surface area (Å²) in [6.07, 6.45) is 5.24. The number of alkyl halides is 1. The van der Waals surface area contributed by atoms with Gasteiger partial charge in [0.2, 0.25) is 35.4 Å². The van der Waals surface area contributed by atoms with Crippen LogP contribution in [0.4, 0.5) is 5.69 Å². The van der Waals surface area contributed by atoms with Gasteiger partial charge in [0, 0.05) is 62.2 Å². The van der Waals surface area contributed by atoms with E-state index in [1.165, 1.54) is 41.8 Å². The zero-order valence-electron chi connectivity index (χ0n) is 45.0. The highest BCUT2D eigenvalue weighted by atomic mass is 35.5. The standard InChI is InChI=1S/C55H75ClN8O11/c1-12-13-17-38-49(68)59-40(27-36-30-63(55(8,9)48(67)28-56)41-18-15-14-16-37(36)41)53(72)60(10)43(21-31(2)3)50(69)58-39(25-35-19-20-46(65)42(26-35)64(74)75)47(66)24-34(7)52(71)61(11)45-23-33(6)29-62(54(45)73)44(22-32(4)5)51(70)57-38/h12-16,18-20,26,29-32,34,38-40,43-45,48,65,67H,17,21-25,27-28H2,1-11H3,(H,57,70)(H,58,69)(H,59,68)/b13-12+/t34-,38+,39+,40+,43+,44+,45+,48-/m1/s1. The number of benzene rings is 2. The SMILES string of the molecule is C/C=C/C[C@@H]1NC(=O)[C@H](CC(C)C)N2C=C(C)C[C@@H](C2=O)N(C)C(=O)[C@H](C)CC(=O)[C@H](Cc2ccc(O)c([N+](=O)[O-])c2)NC(=O)[C@H](CC(C)C)N(C)C(=O)[C@H](Cc2cn(C(C)(C)[C@H](O)CCl)c3ccccc23)NC1=O. The lowest BCUT2D eigenvalue weighted by Crippen LogP contribution is -2.60. The predicted molar refractivity (Wildman–Crippen MR) is 285 cm³/mol. The molecule has 0 unspecified atom stereocenters. The minimum atomic E-state index is -1.42. The van der Waals surface area contributed by atoms with Gasteiger partial charge in [-0.3, -0.25) is 43.7 Å². The van der Waals surface area contributed by atoms with Crippen LogP contribution in [-0.2, 0) is 51.9 Å². The summed E-state index contributed by atoms with van der Waals surface area (Å²) >= 11 is 6.19. The Kier molecular flexibility index (Phi) is 20.0. The molecule has 0 spiro atoms. The lowest BCUT2D eigenvalue weighted by molar-refractivity contribution is -0.385. The van der Waals surface area contributed by atoms with E-state index >= 15 is 4.79 Å². The molecule has 75 heavy (non-hydrogen) atoms. The fraction of sp³-hybridized carbons (Fsp3) is 0.545. The van der Waals surface area contributed by atoms with Crippen LogP contribution >= 0.6 is 11.6 Å². The van der Waals surface area contributed by atoms with Gasteiger partial charge in [-0.2, -0.15) is 0 Å². The number of halogens is 1. The summed E-state index contributed by atoms with van der Waals surface area (Å²) in [5.41, 5.74) is 0.606. The molecule has 8 atom stereocenters. The molecule has 1 aromatic heterocycles. The first-order valence-electron chi connectivity index (χ1n) is 25.6. The second-order valence-corrected chi connectivity index (χ2v) is 21.9. The summed E-state index contributed by atoms with van der Waals surface area (Å²) in [6, 6.07) is 3.34. The van der Waals surface area contributed by atoms with Crippen LogP contribution in [0.5, 0.6) is 5.75 Å². The van der Waals surface area contributed by atoms with E-state index in [2.05, 4.69) is 16.0 Å². The Bertz CT molecular complexity index is 2700. The molecular formula is C55H75ClN8O11. The Morgan fingerprint density at radius 1 is 0.827 bits per heavy atom. The van der Waals surface area contributed by atoms with E-state index in [-0.39, 0.29) is 61.8 Å². The van der Waals surface area contributed by atoms with Crippen LogP contribution in [0.1, 0.15) is 106 Å². The van der Waals surface area contributed by atoms with Crippen molar-refractivity contribution in [1.29, 1.82) is 0 Å². The highest BCUT2D eigenvalue weighted by molar-refractivity contribution is 6.18. The van der Waals surface area contributed by atoms with Crippen molar-refractivity contribution in [2.45, 2.75) is 155 Å². The van der Waals surface area contributed by atoms with Crippen LogP contribution in [0.2, 0.25) is 0 Å². The van der Waals surface area contributed by atoms with Crippen molar-refractivity contribution in [2.75, 3.05) is 20.0 Å². The van der Waals surface area contributed by atoms with Crippen molar-refractivity contribution in [1.82, 2.24) is 35.2 Å². The van der Waals surface area contributed by atoms with E-state index in [9.17, 15) is 49.1 Å². The Morgan fingerprint density at radius 2 is 1.44 bits per heavy atom. The number of aliphatic hydroxyl groups is 1. The maximum Gasteiger partial charge on any atom is 0.310 e. The van der Waals surface area contributed by atoms with Gasteiger partial charge in [0.05, 0.1) is 28.5 Å². The van der Waals surface area contributed by atoms with Gasteiger partial charge in [0.25, 0.3) is 0 Å². The number of para-hydroxylation sites is 1. The molecule has 6 amide bonds. The molecule has 5 N–H and O–H groups in total. The average Bonchev–Trinajstić information content (AvgIpc) is 3.73. The number of aliphatic hydroxyl groups excluding tert-OH is 1. The number of aromatic hydroxyl groups is 1. The molecule has 2 aliphatic rings. The third kappa shape index (κ3) is 14.0. The molecule has 1 fully saturated rings. The molecule has 2 bridgehead atoms. The molecule has 19 nitrogen and oxygen atoms in total. The number of nitro benzene ring substituents is 1. The van der Waals surface area contributed by atoms with Crippen molar-refractivity contribution in [3.8, 4) is 5.75 Å². The van der Waals surface area contributed by atoms with Crippen LogP contribution in [0, 0.1) is 27.9 Å². The van der Waals surface area contributed by atoms with Gasteiger partial charge in [-0.25, -0.2) is 0 Å². The number of allylic oxidation sites excluding steroid dienone is 1. The monoisotopic (exact) mass is 1060 g/mol. The Labute approximate surface area is 444 Å². The minimum absolute atomic E-state index is 0.0123. The number of carbonyl (C=O) groups excluding carboxylic acids is 7. The third-order valence-corrected chi connectivity index (χ3v) is 14.6. The van der Waals surface area contributed by atoms with Crippen LogP contribution in [-0.4, -0.2) is 138 Å². The number of phenolic OH excluding ortho intramolecular Hbond substituents is 1. The van der Waals surface area contributed by atoms with Crippen LogP contribution in [0.15, 0.2) is 72.6 Å². The maximum atomic E-state index is 15.4. The maximum absolute atomic E-state index is 15.4. The smallest absolute Gasteiger partial charge is 0.310 e. The summed E-state index contributed by atoms with van der Waals surface area (Å²) in [6.45, 7) is 16.1. The number of rotatable bonds is 14. The average molecular weight is 1060 g/mol. The van der Waals surface area contributed by atoms with E-state index in [0.29, 0.717) is 22.0 Å². The summed E-state index contributed by atoms with van der Waals surface area (Å²) in [4.78, 5) is 118. The lowest BCUT2D eigenvalue weighted by Gasteiger charge is -2.39. The van der Waals surface area contributed by atoms with Gasteiger partial charge < -0.3 is 45.4 Å². The molecular weight excluding hydrogens is 984 g/mol. The first kappa shape index (κ1) is 59.3.